The fraction of sp³-hybridized carbons (Fsp3) is 0.500. The van der Waals surface area contributed by atoms with E-state index in [4.69, 9.17) is 4.52 Å². The Hall–Kier alpha value is -1.75. The zero-order chi connectivity index (χ0) is 14.9. The summed E-state index contributed by atoms with van der Waals surface area (Å²) in [4.78, 5) is 4.57. The lowest BCUT2D eigenvalue weighted by Gasteiger charge is -2.21. The van der Waals surface area contributed by atoms with E-state index in [1.54, 1.807) is 12.1 Å². The van der Waals surface area contributed by atoms with Gasteiger partial charge in [0.05, 0.1) is 11.5 Å². The molecule has 21 heavy (non-hydrogen) atoms. The molecule has 0 amide bonds. The Morgan fingerprint density at radius 3 is 2.67 bits per heavy atom. The average molecular weight is 289 g/mol. The molecule has 1 aliphatic rings. The second-order valence-electron chi connectivity index (χ2n) is 6.09. The summed E-state index contributed by atoms with van der Waals surface area (Å²) in [6.45, 7) is 5.02. The number of aromatic nitrogens is 2. The van der Waals surface area contributed by atoms with E-state index in [-0.39, 0.29) is 11.9 Å². The summed E-state index contributed by atoms with van der Waals surface area (Å²) < 4.78 is 18.5. The van der Waals surface area contributed by atoms with Crippen molar-refractivity contribution >= 4 is 0 Å². The van der Waals surface area contributed by atoms with E-state index in [0.717, 1.165) is 18.5 Å². The number of benzene rings is 1. The van der Waals surface area contributed by atoms with Gasteiger partial charge in [0.15, 0.2) is 5.82 Å². The van der Waals surface area contributed by atoms with Gasteiger partial charge < -0.3 is 9.84 Å². The second-order valence-corrected chi connectivity index (χ2v) is 6.09. The van der Waals surface area contributed by atoms with E-state index in [2.05, 4.69) is 15.5 Å². The molecule has 0 aliphatic carbocycles. The molecule has 1 aliphatic heterocycles. The molecule has 2 aromatic rings. The lowest BCUT2D eigenvalue weighted by molar-refractivity contribution is 0.294. The lowest BCUT2D eigenvalue weighted by atomic mass is 9.84. The third kappa shape index (κ3) is 2.83. The van der Waals surface area contributed by atoms with E-state index in [0.29, 0.717) is 11.7 Å². The first kappa shape index (κ1) is 14.2. The summed E-state index contributed by atoms with van der Waals surface area (Å²) in [5.41, 5.74) is 0.553. The molecule has 0 unspecified atom stereocenters. The molecule has 1 aromatic carbocycles. The van der Waals surface area contributed by atoms with Crippen molar-refractivity contribution in [2.45, 2.75) is 44.6 Å². The smallest absolute Gasteiger partial charge is 0.243 e. The number of nitrogens with zero attached hydrogens (tertiary/aromatic N) is 2. The summed E-state index contributed by atoms with van der Waals surface area (Å²) in [5.74, 6) is 1.05. The van der Waals surface area contributed by atoms with Gasteiger partial charge in [0, 0.05) is 0 Å². The van der Waals surface area contributed by atoms with Gasteiger partial charge in [-0.1, -0.05) is 23.7 Å². The third-order valence-electron chi connectivity index (χ3n) is 4.18. The first-order valence-corrected chi connectivity index (χ1v) is 7.41. The molecule has 0 saturated carbocycles. The van der Waals surface area contributed by atoms with E-state index >= 15 is 0 Å². The molecule has 1 fully saturated rings. The van der Waals surface area contributed by atoms with Crippen LogP contribution in [0.2, 0.25) is 0 Å². The van der Waals surface area contributed by atoms with Gasteiger partial charge in [-0.05, 0) is 50.9 Å². The maximum Gasteiger partial charge on any atom is 0.243 e. The first-order chi connectivity index (χ1) is 10.1. The molecule has 3 rings (SSSR count). The minimum atomic E-state index is -0.413. The number of rotatable bonds is 3. The molecule has 4 nitrogen and oxygen atoms in total. The predicted octanol–water partition coefficient (Wildman–Crippen LogP) is 3.35. The van der Waals surface area contributed by atoms with E-state index < -0.39 is 5.41 Å². The number of halogens is 1. The van der Waals surface area contributed by atoms with Gasteiger partial charge in [-0.15, -0.1) is 0 Å². The Kier molecular flexibility index (Phi) is 3.76. The molecule has 112 valence electrons. The molecular formula is C16H20FN3O. The Morgan fingerprint density at radius 2 is 2.00 bits per heavy atom. The molecule has 1 atom stereocenters. The van der Waals surface area contributed by atoms with Crippen LogP contribution in [-0.2, 0) is 5.41 Å². The van der Waals surface area contributed by atoms with Crippen LogP contribution < -0.4 is 5.32 Å². The quantitative estimate of drug-likeness (QED) is 0.941. The summed E-state index contributed by atoms with van der Waals surface area (Å²) >= 11 is 0. The Labute approximate surface area is 123 Å². The maximum absolute atomic E-state index is 13.1. The maximum atomic E-state index is 13.1. The molecule has 2 heterocycles. The van der Waals surface area contributed by atoms with Crippen LogP contribution in [0, 0.1) is 5.82 Å². The van der Waals surface area contributed by atoms with Crippen LogP contribution in [0.5, 0.6) is 0 Å². The first-order valence-electron chi connectivity index (χ1n) is 7.41. The fourth-order valence-electron chi connectivity index (χ4n) is 2.69. The Balaban J connectivity index is 1.85. The van der Waals surface area contributed by atoms with E-state index in [9.17, 15) is 4.39 Å². The minimum Gasteiger partial charge on any atom is -0.338 e. The van der Waals surface area contributed by atoms with Crippen LogP contribution >= 0.6 is 0 Å². The SMILES string of the molecule is CC(C)(c1ccc(F)cc1)c1noc([C@@H]2CCCCN2)n1. The van der Waals surface area contributed by atoms with Crippen molar-refractivity contribution in [2.24, 2.45) is 0 Å². The molecule has 1 aromatic heterocycles. The normalized spacial score (nSPS) is 19.7. The summed E-state index contributed by atoms with van der Waals surface area (Å²) in [6.07, 6.45) is 3.40. The van der Waals surface area contributed by atoms with Gasteiger partial charge in [-0.25, -0.2) is 4.39 Å². The van der Waals surface area contributed by atoms with E-state index in [1.165, 1.54) is 25.0 Å². The highest BCUT2D eigenvalue weighted by atomic mass is 19.1. The van der Waals surface area contributed by atoms with Crippen molar-refractivity contribution in [3.63, 3.8) is 0 Å². The van der Waals surface area contributed by atoms with Crippen molar-refractivity contribution in [1.82, 2.24) is 15.5 Å². The highest BCUT2D eigenvalue weighted by molar-refractivity contribution is 5.30. The predicted molar refractivity (Wildman–Crippen MR) is 77.4 cm³/mol. The zero-order valence-electron chi connectivity index (χ0n) is 12.4. The molecule has 5 heteroatoms. The standard InChI is InChI=1S/C16H20FN3O/c1-16(2,11-6-8-12(17)9-7-11)15-19-14(21-20-15)13-5-3-4-10-18-13/h6-9,13,18H,3-5,10H2,1-2H3/t13-/m0/s1. The fourth-order valence-corrected chi connectivity index (χ4v) is 2.69. The van der Waals surface area contributed by atoms with Gasteiger partial charge >= 0.3 is 0 Å². The zero-order valence-corrected chi connectivity index (χ0v) is 12.4. The largest absolute Gasteiger partial charge is 0.338 e. The molecular weight excluding hydrogens is 269 g/mol. The number of hydrogen-bond donors (Lipinski definition) is 1. The third-order valence-corrected chi connectivity index (χ3v) is 4.18. The van der Waals surface area contributed by atoms with Crippen LogP contribution in [0.3, 0.4) is 0 Å². The number of hydrogen-bond acceptors (Lipinski definition) is 4. The Morgan fingerprint density at radius 1 is 1.24 bits per heavy atom. The molecule has 0 radical (unpaired) electrons. The van der Waals surface area contributed by atoms with Crippen molar-refractivity contribution in [2.75, 3.05) is 6.54 Å². The number of piperidine rings is 1. The van der Waals surface area contributed by atoms with Gasteiger partial charge in [-0.2, -0.15) is 4.98 Å². The number of nitrogens with one attached hydrogen (secondary N) is 1. The highest BCUT2D eigenvalue weighted by Gasteiger charge is 2.30. The average Bonchev–Trinajstić information content (AvgIpc) is 2.99. The minimum absolute atomic E-state index is 0.156. The van der Waals surface area contributed by atoms with Crippen molar-refractivity contribution < 1.29 is 8.91 Å². The van der Waals surface area contributed by atoms with Crippen LogP contribution in [0.4, 0.5) is 4.39 Å². The summed E-state index contributed by atoms with van der Waals surface area (Å²) in [5, 5.41) is 7.54. The highest BCUT2D eigenvalue weighted by Crippen LogP contribution is 2.31. The summed E-state index contributed by atoms with van der Waals surface area (Å²) in [6, 6.07) is 6.61. The van der Waals surface area contributed by atoms with Crippen molar-refractivity contribution in [3.05, 3.63) is 47.4 Å². The van der Waals surface area contributed by atoms with Gasteiger partial charge in [0.2, 0.25) is 5.89 Å². The summed E-state index contributed by atoms with van der Waals surface area (Å²) in [7, 11) is 0. The molecule has 0 spiro atoms. The topological polar surface area (TPSA) is 51.0 Å². The lowest BCUT2D eigenvalue weighted by Crippen LogP contribution is -2.27. The van der Waals surface area contributed by atoms with Gasteiger partial charge in [-0.3, -0.25) is 0 Å². The second kappa shape index (κ2) is 5.56. The van der Waals surface area contributed by atoms with E-state index in [1.807, 2.05) is 13.8 Å². The van der Waals surface area contributed by atoms with Crippen LogP contribution in [0.15, 0.2) is 28.8 Å². The van der Waals surface area contributed by atoms with Crippen molar-refractivity contribution in [3.8, 4) is 0 Å². The molecule has 0 bridgehead atoms. The monoisotopic (exact) mass is 289 g/mol. The van der Waals surface area contributed by atoms with Gasteiger partial charge in [0.1, 0.15) is 5.82 Å². The van der Waals surface area contributed by atoms with Crippen LogP contribution in [-0.4, -0.2) is 16.7 Å². The molecule has 1 N–H and O–H groups in total. The Bertz CT molecular complexity index is 600. The van der Waals surface area contributed by atoms with Crippen molar-refractivity contribution in [1.29, 1.82) is 0 Å². The van der Waals surface area contributed by atoms with Crippen LogP contribution in [0.1, 0.15) is 56.4 Å². The molecule has 1 saturated heterocycles. The van der Waals surface area contributed by atoms with Crippen LogP contribution in [0.25, 0.3) is 0 Å². The van der Waals surface area contributed by atoms with Gasteiger partial charge in [0.25, 0.3) is 0 Å².